The fourth-order valence-electron chi connectivity index (χ4n) is 1.87. The standard InChI is InChI=1S/C13H17NO4/c1-14-13(12(15)16,9-18-11-7-17-8-11)10-5-3-2-4-6-10/h2-6,11,14H,7-9H2,1H3,(H,15,16). The monoisotopic (exact) mass is 251 g/mol. The summed E-state index contributed by atoms with van der Waals surface area (Å²) >= 11 is 0. The van der Waals surface area contributed by atoms with Crippen LogP contribution in [0, 0.1) is 0 Å². The van der Waals surface area contributed by atoms with Crippen molar-refractivity contribution in [3.8, 4) is 0 Å². The van der Waals surface area contributed by atoms with Gasteiger partial charge in [0.05, 0.1) is 19.8 Å². The minimum absolute atomic E-state index is 0.000729. The number of ether oxygens (including phenoxy) is 2. The van der Waals surface area contributed by atoms with Crippen LogP contribution in [0.4, 0.5) is 0 Å². The number of nitrogens with one attached hydrogen (secondary N) is 1. The Labute approximate surface area is 106 Å². The van der Waals surface area contributed by atoms with E-state index in [9.17, 15) is 9.90 Å². The lowest BCUT2D eigenvalue weighted by molar-refractivity contribution is -0.162. The van der Waals surface area contributed by atoms with Crippen molar-refractivity contribution in [2.75, 3.05) is 26.9 Å². The van der Waals surface area contributed by atoms with Crippen LogP contribution < -0.4 is 5.32 Å². The van der Waals surface area contributed by atoms with Gasteiger partial charge in [0, 0.05) is 0 Å². The molecule has 1 fully saturated rings. The van der Waals surface area contributed by atoms with Gasteiger partial charge in [0.15, 0.2) is 5.54 Å². The predicted octanol–water partition coefficient (Wildman–Crippen LogP) is 0.601. The highest BCUT2D eigenvalue weighted by Crippen LogP contribution is 2.23. The predicted molar refractivity (Wildman–Crippen MR) is 65.4 cm³/mol. The van der Waals surface area contributed by atoms with E-state index in [0.717, 1.165) is 0 Å². The van der Waals surface area contributed by atoms with E-state index in [0.29, 0.717) is 18.8 Å². The van der Waals surface area contributed by atoms with Gasteiger partial charge in [-0.25, -0.2) is 4.79 Å². The summed E-state index contributed by atoms with van der Waals surface area (Å²) < 4.78 is 10.6. The summed E-state index contributed by atoms with van der Waals surface area (Å²) in [7, 11) is 1.63. The Morgan fingerprint density at radius 3 is 2.61 bits per heavy atom. The molecule has 18 heavy (non-hydrogen) atoms. The van der Waals surface area contributed by atoms with Crippen molar-refractivity contribution in [3.63, 3.8) is 0 Å². The maximum atomic E-state index is 11.6. The molecule has 1 heterocycles. The van der Waals surface area contributed by atoms with E-state index >= 15 is 0 Å². The molecular formula is C13H17NO4. The van der Waals surface area contributed by atoms with Crippen LogP contribution in [-0.2, 0) is 19.8 Å². The highest BCUT2D eigenvalue weighted by atomic mass is 16.6. The molecule has 0 amide bonds. The Morgan fingerprint density at radius 1 is 1.50 bits per heavy atom. The number of carboxylic acid groups (broad SMARTS) is 1. The van der Waals surface area contributed by atoms with Gasteiger partial charge >= 0.3 is 5.97 Å². The lowest BCUT2D eigenvalue weighted by Gasteiger charge is -2.33. The quantitative estimate of drug-likeness (QED) is 0.775. The molecule has 2 rings (SSSR count). The number of likely N-dealkylation sites (N-methyl/N-ethyl adjacent to an activating group) is 1. The van der Waals surface area contributed by atoms with Gasteiger partial charge in [0.25, 0.3) is 0 Å². The molecule has 1 aliphatic rings. The number of benzene rings is 1. The number of hydrogen-bond acceptors (Lipinski definition) is 4. The number of carboxylic acids is 1. The largest absolute Gasteiger partial charge is 0.480 e. The van der Waals surface area contributed by atoms with Gasteiger partial charge in [-0.05, 0) is 12.6 Å². The molecule has 5 nitrogen and oxygen atoms in total. The minimum Gasteiger partial charge on any atom is -0.480 e. The van der Waals surface area contributed by atoms with Gasteiger partial charge in [-0.1, -0.05) is 30.3 Å². The molecule has 0 spiro atoms. The molecular weight excluding hydrogens is 234 g/mol. The van der Waals surface area contributed by atoms with Crippen LogP contribution >= 0.6 is 0 Å². The van der Waals surface area contributed by atoms with E-state index in [1.165, 1.54) is 0 Å². The summed E-state index contributed by atoms with van der Waals surface area (Å²) in [5.74, 6) is -0.948. The van der Waals surface area contributed by atoms with Crippen LogP contribution in [0.5, 0.6) is 0 Å². The smallest absolute Gasteiger partial charge is 0.330 e. The molecule has 0 radical (unpaired) electrons. The first-order valence-corrected chi connectivity index (χ1v) is 5.86. The van der Waals surface area contributed by atoms with Crippen molar-refractivity contribution >= 4 is 5.97 Å². The van der Waals surface area contributed by atoms with E-state index in [4.69, 9.17) is 9.47 Å². The normalized spacial score (nSPS) is 18.9. The molecule has 0 bridgehead atoms. The fraction of sp³-hybridized carbons (Fsp3) is 0.462. The van der Waals surface area contributed by atoms with Crippen molar-refractivity contribution in [1.29, 1.82) is 0 Å². The van der Waals surface area contributed by atoms with Crippen molar-refractivity contribution in [1.82, 2.24) is 5.32 Å². The van der Waals surface area contributed by atoms with Gasteiger partial charge in [0.1, 0.15) is 6.10 Å². The van der Waals surface area contributed by atoms with E-state index in [1.54, 1.807) is 19.2 Å². The second-order valence-corrected chi connectivity index (χ2v) is 4.30. The van der Waals surface area contributed by atoms with Crippen molar-refractivity contribution in [2.45, 2.75) is 11.6 Å². The van der Waals surface area contributed by atoms with Gasteiger partial charge in [-0.3, -0.25) is 5.32 Å². The van der Waals surface area contributed by atoms with Gasteiger partial charge in [-0.2, -0.15) is 0 Å². The SMILES string of the molecule is CNC(COC1COC1)(C(=O)O)c1ccccc1. The molecule has 1 aliphatic heterocycles. The number of hydrogen-bond donors (Lipinski definition) is 2. The van der Waals surface area contributed by atoms with Crippen molar-refractivity contribution < 1.29 is 19.4 Å². The maximum Gasteiger partial charge on any atom is 0.330 e. The Hall–Kier alpha value is -1.43. The third-order valence-corrected chi connectivity index (χ3v) is 3.20. The Bertz CT molecular complexity index is 405. The summed E-state index contributed by atoms with van der Waals surface area (Å²) in [5.41, 5.74) is -0.531. The average molecular weight is 251 g/mol. The van der Waals surface area contributed by atoms with Crippen LogP contribution in [0.3, 0.4) is 0 Å². The van der Waals surface area contributed by atoms with Crippen LogP contribution in [0.15, 0.2) is 30.3 Å². The van der Waals surface area contributed by atoms with E-state index in [1.807, 2.05) is 18.2 Å². The first-order valence-electron chi connectivity index (χ1n) is 5.86. The lowest BCUT2D eigenvalue weighted by atomic mass is 9.91. The zero-order valence-corrected chi connectivity index (χ0v) is 10.3. The summed E-state index contributed by atoms with van der Waals surface area (Å²) in [6.07, 6.45) is 0.000729. The van der Waals surface area contributed by atoms with Gasteiger partial charge < -0.3 is 14.6 Å². The highest BCUT2D eigenvalue weighted by molar-refractivity contribution is 5.81. The van der Waals surface area contributed by atoms with E-state index < -0.39 is 11.5 Å². The molecule has 0 saturated carbocycles. The number of rotatable bonds is 6. The molecule has 0 aliphatic carbocycles. The molecule has 1 saturated heterocycles. The Kier molecular flexibility index (Phi) is 3.96. The van der Waals surface area contributed by atoms with Crippen LogP contribution in [0.1, 0.15) is 5.56 Å². The highest BCUT2D eigenvalue weighted by Gasteiger charge is 2.40. The zero-order valence-electron chi connectivity index (χ0n) is 10.3. The van der Waals surface area contributed by atoms with Crippen molar-refractivity contribution in [3.05, 3.63) is 35.9 Å². The first-order chi connectivity index (χ1) is 8.69. The molecule has 0 aromatic heterocycles. The van der Waals surface area contributed by atoms with Gasteiger partial charge in [0.2, 0.25) is 0 Å². The molecule has 1 atom stereocenters. The minimum atomic E-state index is -1.21. The van der Waals surface area contributed by atoms with Crippen LogP contribution in [-0.4, -0.2) is 44.0 Å². The van der Waals surface area contributed by atoms with Crippen LogP contribution in [0.25, 0.3) is 0 Å². The summed E-state index contributed by atoms with van der Waals surface area (Å²) in [5, 5.41) is 12.4. The Morgan fingerprint density at radius 2 is 2.17 bits per heavy atom. The maximum absolute atomic E-state index is 11.6. The molecule has 98 valence electrons. The fourth-order valence-corrected chi connectivity index (χ4v) is 1.87. The zero-order chi connectivity index (χ0) is 13.0. The second-order valence-electron chi connectivity index (χ2n) is 4.30. The average Bonchev–Trinajstić information content (AvgIpc) is 2.33. The molecule has 2 N–H and O–H groups in total. The molecule has 1 unspecified atom stereocenters. The van der Waals surface area contributed by atoms with Crippen molar-refractivity contribution in [2.24, 2.45) is 0 Å². The molecule has 1 aromatic carbocycles. The number of carbonyl (C=O) groups is 1. The topological polar surface area (TPSA) is 67.8 Å². The lowest BCUT2D eigenvalue weighted by Crippen LogP contribution is -2.53. The number of aliphatic carboxylic acids is 1. The molecule has 1 aromatic rings. The van der Waals surface area contributed by atoms with Gasteiger partial charge in [-0.15, -0.1) is 0 Å². The van der Waals surface area contributed by atoms with Crippen LogP contribution in [0.2, 0.25) is 0 Å². The summed E-state index contributed by atoms with van der Waals surface area (Å²) in [4.78, 5) is 11.6. The summed E-state index contributed by atoms with van der Waals surface area (Å²) in [6, 6.07) is 9.05. The first kappa shape index (κ1) is 13.0. The summed E-state index contributed by atoms with van der Waals surface area (Å²) in [6.45, 7) is 1.15. The second kappa shape index (κ2) is 5.48. The molecule has 5 heteroatoms. The van der Waals surface area contributed by atoms with E-state index in [-0.39, 0.29) is 12.7 Å². The third-order valence-electron chi connectivity index (χ3n) is 3.20. The Balaban J connectivity index is 2.18. The van der Waals surface area contributed by atoms with E-state index in [2.05, 4.69) is 5.32 Å². The third kappa shape index (κ3) is 2.38.